The summed E-state index contributed by atoms with van der Waals surface area (Å²) in [5, 5.41) is 0. The summed E-state index contributed by atoms with van der Waals surface area (Å²) >= 11 is 0. The van der Waals surface area contributed by atoms with Crippen molar-refractivity contribution in [2.24, 2.45) is 11.7 Å². The molecule has 2 N–H and O–H groups in total. The molecule has 2 nitrogen and oxygen atoms in total. The minimum atomic E-state index is -4.34. The molecule has 1 unspecified atom stereocenters. The minimum Gasteiger partial charge on any atom is -0.366 e. The quantitative estimate of drug-likeness (QED) is 0.869. The summed E-state index contributed by atoms with van der Waals surface area (Å²) < 4.78 is 66.4. The molecule has 1 fully saturated rings. The molecule has 0 bridgehead atoms. The Morgan fingerprint density at radius 3 is 2.33 bits per heavy atom. The molecule has 7 heteroatoms. The summed E-state index contributed by atoms with van der Waals surface area (Å²) in [5.74, 6) is -3.21. The number of nitrogens with zero attached hydrogens (tertiary/aromatic N) is 1. The molecular formula is C14H17F5N2. The summed E-state index contributed by atoms with van der Waals surface area (Å²) in [7, 11) is 0. The van der Waals surface area contributed by atoms with E-state index in [9.17, 15) is 22.0 Å². The molecule has 118 valence electrons. The van der Waals surface area contributed by atoms with E-state index in [0.717, 1.165) is 17.0 Å². The Bertz CT molecular complexity index is 478. The molecule has 1 atom stereocenters. The van der Waals surface area contributed by atoms with Gasteiger partial charge < -0.3 is 10.6 Å². The molecule has 1 aliphatic rings. The highest BCUT2D eigenvalue weighted by atomic mass is 19.4. The third-order valence-corrected chi connectivity index (χ3v) is 3.71. The van der Waals surface area contributed by atoms with E-state index < -0.39 is 30.3 Å². The average Bonchev–Trinajstić information content (AvgIpc) is 2.37. The number of halogens is 5. The van der Waals surface area contributed by atoms with E-state index in [1.54, 1.807) is 0 Å². The van der Waals surface area contributed by atoms with Crippen LogP contribution in [0, 0.1) is 17.6 Å². The van der Waals surface area contributed by atoms with Gasteiger partial charge in [0.1, 0.15) is 17.3 Å². The molecule has 21 heavy (non-hydrogen) atoms. The molecule has 1 saturated heterocycles. The van der Waals surface area contributed by atoms with Crippen molar-refractivity contribution in [3.63, 3.8) is 0 Å². The second kappa shape index (κ2) is 6.17. The maximum Gasteiger partial charge on any atom is 0.393 e. The fraction of sp³-hybridized carbons (Fsp3) is 0.571. The van der Waals surface area contributed by atoms with E-state index >= 15 is 0 Å². The van der Waals surface area contributed by atoms with E-state index in [1.807, 2.05) is 0 Å². The summed E-state index contributed by atoms with van der Waals surface area (Å²) in [4.78, 5) is 1.15. The van der Waals surface area contributed by atoms with E-state index in [4.69, 9.17) is 5.73 Å². The SMILES string of the molecule is NCCc1cc(F)c(N2CCCC(C(F)(F)F)C2)c(F)c1. The zero-order valence-electron chi connectivity index (χ0n) is 11.4. The normalized spacial score (nSPS) is 19.9. The van der Waals surface area contributed by atoms with Crippen LogP contribution in [0.1, 0.15) is 18.4 Å². The van der Waals surface area contributed by atoms with Crippen molar-refractivity contribution in [1.82, 2.24) is 0 Å². The first kappa shape index (κ1) is 16.0. The lowest BCUT2D eigenvalue weighted by Crippen LogP contribution is -2.42. The highest BCUT2D eigenvalue weighted by molar-refractivity contribution is 5.51. The minimum absolute atomic E-state index is 0.00546. The van der Waals surface area contributed by atoms with Gasteiger partial charge in [-0.15, -0.1) is 0 Å². The lowest BCUT2D eigenvalue weighted by Gasteiger charge is -2.35. The van der Waals surface area contributed by atoms with Crippen molar-refractivity contribution in [2.75, 3.05) is 24.5 Å². The Labute approximate surface area is 119 Å². The van der Waals surface area contributed by atoms with Gasteiger partial charge >= 0.3 is 6.18 Å². The molecule has 0 saturated carbocycles. The van der Waals surface area contributed by atoms with E-state index in [1.165, 1.54) is 0 Å². The third kappa shape index (κ3) is 3.64. The number of hydrogen-bond donors (Lipinski definition) is 1. The zero-order valence-corrected chi connectivity index (χ0v) is 11.4. The number of benzene rings is 1. The van der Waals surface area contributed by atoms with Gasteiger partial charge in [-0.1, -0.05) is 0 Å². The summed E-state index contributed by atoms with van der Waals surface area (Å²) in [5.41, 5.74) is 5.36. The molecule has 1 aromatic carbocycles. The summed E-state index contributed by atoms with van der Waals surface area (Å²) in [6, 6.07) is 2.28. The topological polar surface area (TPSA) is 29.3 Å². The van der Waals surface area contributed by atoms with Crippen LogP contribution >= 0.6 is 0 Å². The van der Waals surface area contributed by atoms with Crippen molar-refractivity contribution >= 4 is 5.69 Å². The predicted octanol–water partition coefficient (Wildman–Crippen LogP) is 3.24. The average molecular weight is 308 g/mol. The van der Waals surface area contributed by atoms with Gasteiger partial charge in [0.25, 0.3) is 0 Å². The number of nitrogens with two attached hydrogens (primary N) is 1. The number of piperidine rings is 1. The van der Waals surface area contributed by atoms with Gasteiger partial charge in [-0.25, -0.2) is 8.78 Å². The molecule has 0 aromatic heterocycles. The van der Waals surface area contributed by atoms with E-state index in [0.29, 0.717) is 12.0 Å². The number of hydrogen-bond acceptors (Lipinski definition) is 2. The smallest absolute Gasteiger partial charge is 0.366 e. The highest BCUT2D eigenvalue weighted by Gasteiger charge is 2.42. The van der Waals surface area contributed by atoms with Crippen LogP contribution in [0.5, 0.6) is 0 Å². The number of anilines is 1. The summed E-state index contributed by atoms with van der Waals surface area (Å²) in [6.45, 7) is 0.0579. The molecule has 1 aromatic rings. The number of rotatable bonds is 3. The first-order valence-electron chi connectivity index (χ1n) is 6.82. The van der Waals surface area contributed by atoms with Gasteiger partial charge in [0.2, 0.25) is 0 Å². The van der Waals surface area contributed by atoms with Gasteiger partial charge in [0.05, 0.1) is 5.92 Å². The lowest BCUT2D eigenvalue weighted by atomic mass is 9.96. The van der Waals surface area contributed by atoms with Crippen molar-refractivity contribution in [3.05, 3.63) is 29.3 Å². The van der Waals surface area contributed by atoms with Crippen LogP contribution < -0.4 is 10.6 Å². The van der Waals surface area contributed by atoms with Crippen LogP contribution in [0.15, 0.2) is 12.1 Å². The molecule has 1 heterocycles. The van der Waals surface area contributed by atoms with E-state index in [-0.39, 0.29) is 31.6 Å². The molecular weight excluding hydrogens is 291 g/mol. The third-order valence-electron chi connectivity index (χ3n) is 3.71. The molecule has 0 amide bonds. The lowest BCUT2D eigenvalue weighted by molar-refractivity contribution is -0.176. The fourth-order valence-corrected chi connectivity index (χ4v) is 2.68. The maximum absolute atomic E-state index is 14.0. The van der Waals surface area contributed by atoms with E-state index in [2.05, 4.69) is 0 Å². The Morgan fingerprint density at radius 2 is 1.81 bits per heavy atom. The van der Waals surface area contributed by atoms with Crippen LogP contribution in [-0.2, 0) is 6.42 Å². The molecule has 0 spiro atoms. The summed E-state index contributed by atoms with van der Waals surface area (Å²) in [6.07, 6.45) is -3.77. The van der Waals surface area contributed by atoms with Crippen molar-refractivity contribution in [2.45, 2.75) is 25.4 Å². The molecule has 0 radical (unpaired) electrons. The monoisotopic (exact) mass is 308 g/mol. The Balaban J connectivity index is 2.25. The number of alkyl halides is 3. The van der Waals surface area contributed by atoms with Crippen molar-refractivity contribution in [3.8, 4) is 0 Å². The largest absolute Gasteiger partial charge is 0.393 e. The first-order chi connectivity index (χ1) is 9.82. The van der Waals surface area contributed by atoms with Gasteiger partial charge in [-0.3, -0.25) is 0 Å². The Kier molecular flexibility index (Phi) is 4.70. The van der Waals surface area contributed by atoms with Crippen molar-refractivity contribution in [1.29, 1.82) is 0 Å². The fourth-order valence-electron chi connectivity index (χ4n) is 2.68. The predicted molar refractivity (Wildman–Crippen MR) is 70.1 cm³/mol. The van der Waals surface area contributed by atoms with Crippen LogP contribution in [-0.4, -0.2) is 25.8 Å². The second-order valence-electron chi connectivity index (χ2n) is 5.27. The molecule has 2 rings (SSSR count). The van der Waals surface area contributed by atoms with Crippen LogP contribution in [0.4, 0.5) is 27.6 Å². The van der Waals surface area contributed by atoms with Gasteiger partial charge in [-0.05, 0) is 43.5 Å². The zero-order chi connectivity index (χ0) is 15.6. The standard InChI is InChI=1S/C14H17F5N2/c15-11-6-9(3-4-20)7-12(16)13(11)21-5-1-2-10(8-21)14(17,18)19/h6-7,10H,1-5,8,20H2. The molecule has 1 aliphatic heterocycles. The van der Waals surface area contributed by atoms with Gasteiger partial charge in [-0.2, -0.15) is 13.2 Å². The molecule has 0 aliphatic carbocycles. The van der Waals surface area contributed by atoms with Crippen LogP contribution in [0.3, 0.4) is 0 Å². The van der Waals surface area contributed by atoms with Crippen LogP contribution in [0.25, 0.3) is 0 Å². The Morgan fingerprint density at radius 1 is 1.19 bits per heavy atom. The van der Waals surface area contributed by atoms with Gasteiger partial charge in [0.15, 0.2) is 0 Å². The van der Waals surface area contributed by atoms with Gasteiger partial charge in [0, 0.05) is 13.1 Å². The first-order valence-corrected chi connectivity index (χ1v) is 6.82. The highest BCUT2D eigenvalue weighted by Crippen LogP contribution is 2.36. The Hall–Kier alpha value is -1.37. The van der Waals surface area contributed by atoms with Crippen LogP contribution in [0.2, 0.25) is 0 Å². The maximum atomic E-state index is 14.0. The second-order valence-corrected chi connectivity index (χ2v) is 5.27. The van der Waals surface area contributed by atoms with Crippen molar-refractivity contribution < 1.29 is 22.0 Å².